The number of benzene rings is 2. The van der Waals surface area contributed by atoms with Crippen LogP contribution in [0.3, 0.4) is 0 Å². The minimum absolute atomic E-state index is 0.126. The predicted molar refractivity (Wildman–Crippen MR) is 109 cm³/mol. The van der Waals surface area contributed by atoms with E-state index in [9.17, 15) is 27.7 Å². The summed E-state index contributed by atoms with van der Waals surface area (Å²) in [7, 11) is -3.64. The molecule has 3 rings (SSSR count). The quantitative estimate of drug-likeness (QED) is 0.521. The lowest BCUT2D eigenvalue weighted by Gasteiger charge is -2.35. The van der Waals surface area contributed by atoms with Crippen molar-refractivity contribution in [1.29, 1.82) is 0 Å². The maximum absolute atomic E-state index is 13.9. The molecule has 11 heteroatoms. The van der Waals surface area contributed by atoms with Gasteiger partial charge in [0.1, 0.15) is 11.4 Å². The topological polar surface area (TPSA) is 113 Å². The summed E-state index contributed by atoms with van der Waals surface area (Å²) >= 11 is 0. The van der Waals surface area contributed by atoms with Gasteiger partial charge in [0.25, 0.3) is 11.6 Å². The summed E-state index contributed by atoms with van der Waals surface area (Å²) in [4.78, 5) is 24.3. The second-order valence-corrected chi connectivity index (χ2v) is 8.77. The molecule has 0 aliphatic carbocycles. The average Bonchev–Trinajstić information content (AvgIpc) is 2.74. The summed E-state index contributed by atoms with van der Waals surface area (Å²) in [5.41, 5.74) is -0.0354. The first-order valence-corrected chi connectivity index (χ1v) is 10.9. The molecule has 1 heterocycles. The molecule has 0 aromatic heterocycles. The van der Waals surface area contributed by atoms with Gasteiger partial charge in [-0.25, -0.2) is 12.8 Å². The second-order valence-electron chi connectivity index (χ2n) is 6.68. The number of amides is 1. The van der Waals surface area contributed by atoms with Crippen LogP contribution in [0, 0.1) is 15.9 Å². The fraction of sp³-hybridized carbons (Fsp3) is 0.316. The summed E-state index contributed by atoms with van der Waals surface area (Å²) < 4.78 is 40.3. The van der Waals surface area contributed by atoms with Crippen LogP contribution in [-0.2, 0) is 10.0 Å². The lowest BCUT2D eigenvalue weighted by atomic mass is 10.1. The van der Waals surface area contributed by atoms with E-state index in [0.717, 1.165) is 0 Å². The number of carbonyl (C=O) groups is 1. The highest BCUT2D eigenvalue weighted by atomic mass is 32.2. The van der Waals surface area contributed by atoms with Crippen molar-refractivity contribution >= 4 is 27.3 Å². The molecule has 1 fully saturated rings. The molecule has 9 nitrogen and oxygen atoms in total. The maximum atomic E-state index is 13.9. The van der Waals surface area contributed by atoms with Gasteiger partial charge in [-0.1, -0.05) is 24.3 Å². The van der Waals surface area contributed by atoms with Gasteiger partial charge < -0.3 is 10.2 Å². The first kappa shape index (κ1) is 21.7. The number of hydrogen-bond acceptors (Lipinski definition) is 6. The molecule has 0 saturated carbocycles. The zero-order chi connectivity index (χ0) is 21.7. The molecule has 1 N–H and O–H groups in total. The number of anilines is 1. The number of rotatable bonds is 7. The summed E-state index contributed by atoms with van der Waals surface area (Å²) in [5, 5.41) is 13.4. The number of halogens is 1. The summed E-state index contributed by atoms with van der Waals surface area (Å²) in [6, 6.07) is 11.8. The van der Waals surface area contributed by atoms with Gasteiger partial charge in [-0.2, -0.15) is 4.31 Å². The van der Waals surface area contributed by atoms with Gasteiger partial charge in [0.15, 0.2) is 0 Å². The number of nitrogens with one attached hydrogen (secondary N) is 1. The molecule has 0 spiro atoms. The summed E-state index contributed by atoms with van der Waals surface area (Å²) in [6.07, 6.45) is 0. The Morgan fingerprint density at radius 3 is 2.37 bits per heavy atom. The Morgan fingerprint density at radius 1 is 1.07 bits per heavy atom. The van der Waals surface area contributed by atoms with Crippen LogP contribution in [0.4, 0.5) is 15.8 Å². The first-order chi connectivity index (χ1) is 14.3. The van der Waals surface area contributed by atoms with Gasteiger partial charge in [0.05, 0.1) is 16.4 Å². The molecule has 0 atom stereocenters. The Hall–Kier alpha value is -3.05. The van der Waals surface area contributed by atoms with Crippen LogP contribution >= 0.6 is 0 Å². The highest BCUT2D eigenvalue weighted by Crippen LogP contribution is 2.21. The number of sulfonamides is 1. The molecule has 1 amide bonds. The second kappa shape index (κ2) is 9.18. The molecule has 1 aliphatic heterocycles. The van der Waals surface area contributed by atoms with Crippen molar-refractivity contribution in [2.45, 2.75) is 0 Å². The number of carbonyl (C=O) groups excluding carboxylic acids is 1. The van der Waals surface area contributed by atoms with E-state index in [1.54, 1.807) is 23.1 Å². The molecule has 0 radical (unpaired) electrons. The van der Waals surface area contributed by atoms with Gasteiger partial charge >= 0.3 is 0 Å². The Kier molecular flexibility index (Phi) is 6.63. The molecule has 1 aliphatic rings. The van der Waals surface area contributed by atoms with Crippen LogP contribution in [0.5, 0.6) is 0 Å². The van der Waals surface area contributed by atoms with Crippen LogP contribution < -0.4 is 10.2 Å². The van der Waals surface area contributed by atoms with Gasteiger partial charge in [-0.05, 0) is 18.2 Å². The third-order valence-corrected chi connectivity index (χ3v) is 6.69. The Bertz CT molecular complexity index is 1040. The lowest BCUT2D eigenvalue weighted by molar-refractivity contribution is -0.385. The summed E-state index contributed by atoms with van der Waals surface area (Å²) in [6.45, 7) is 0.926. The zero-order valence-electron chi connectivity index (χ0n) is 16.0. The lowest BCUT2D eigenvalue weighted by Crippen LogP contribution is -2.50. The van der Waals surface area contributed by atoms with Crippen molar-refractivity contribution in [2.75, 3.05) is 43.4 Å². The van der Waals surface area contributed by atoms with Crippen molar-refractivity contribution in [3.05, 3.63) is 70.0 Å². The smallest absolute Gasteiger partial charge is 0.282 e. The highest BCUT2D eigenvalue weighted by Gasteiger charge is 2.28. The van der Waals surface area contributed by atoms with E-state index in [1.807, 2.05) is 0 Å². The van der Waals surface area contributed by atoms with Gasteiger partial charge in [0.2, 0.25) is 10.0 Å². The van der Waals surface area contributed by atoms with E-state index in [-0.39, 0.29) is 42.5 Å². The van der Waals surface area contributed by atoms with Crippen LogP contribution in [0.2, 0.25) is 0 Å². The van der Waals surface area contributed by atoms with Crippen LogP contribution in [0.15, 0.2) is 48.5 Å². The standard InChI is InChI=1S/C19H21FN4O5S/c20-16-6-2-4-8-18(16)22-10-12-23(13-11-22)30(28,29)14-9-21-19(25)15-5-1-3-7-17(15)24(26)27/h1-8H,9-14H2,(H,21,25). The maximum Gasteiger partial charge on any atom is 0.282 e. The monoisotopic (exact) mass is 436 g/mol. The van der Waals surface area contributed by atoms with E-state index in [2.05, 4.69) is 5.32 Å². The number of nitro groups is 1. The number of nitrogens with zero attached hydrogens (tertiary/aromatic N) is 3. The van der Waals surface area contributed by atoms with Gasteiger partial charge in [0, 0.05) is 38.8 Å². The molecule has 2 aromatic rings. The van der Waals surface area contributed by atoms with Crippen LogP contribution in [0.25, 0.3) is 0 Å². The molecule has 0 bridgehead atoms. The molecule has 0 unspecified atom stereocenters. The van der Waals surface area contributed by atoms with E-state index in [1.165, 1.54) is 34.6 Å². The predicted octanol–water partition coefficient (Wildman–Crippen LogP) is 1.62. The van der Waals surface area contributed by atoms with E-state index >= 15 is 0 Å². The minimum atomic E-state index is -3.64. The van der Waals surface area contributed by atoms with E-state index in [4.69, 9.17) is 0 Å². The number of para-hydroxylation sites is 2. The van der Waals surface area contributed by atoms with E-state index in [0.29, 0.717) is 18.8 Å². The molecule has 2 aromatic carbocycles. The largest absolute Gasteiger partial charge is 0.367 e. The Morgan fingerprint density at radius 2 is 1.70 bits per heavy atom. The highest BCUT2D eigenvalue weighted by molar-refractivity contribution is 7.89. The first-order valence-electron chi connectivity index (χ1n) is 9.28. The van der Waals surface area contributed by atoms with Crippen molar-refractivity contribution in [3.63, 3.8) is 0 Å². The molecular formula is C19H21FN4O5S. The zero-order valence-corrected chi connectivity index (χ0v) is 16.8. The Balaban J connectivity index is 1.53. The summed E-state index contributed by atoms with van der Waals surface area (Å²) in [5.74, 6) is -1.40. The fourth-order valence-electron chi connectivity index (χ4n) is 3.26. The van der Waals surface area contributed by atoms with Gasteiger partial charge in [-0.15, -0.1) is 0 Å². The Labute approximate surface area is 173 Å². The van der Waals surface area contributed by atoms with E-state index < -0.39 is 20.9 Å². The number of hydrogen-bond donors (Lipinski definition) is 1. The van der Waals surface area contributed by atoms with Crippen LogP contribution in [0.1, 0.15) is 10.4 Å². The molecule has 30 heavy (non-hydrogen) atoms. The molecular weight excluding hydrogens is 415 g/mol. The van der Waals surface area contributed by atoms with Crippen molar-refractivity contribution in [2.24, 2.45) is 0 Å². The molecule has 160 valence electrons. The third kappa shape index (κ3) is 4.92. The fourth-order valence-corrected chi connectivity index (χ4v) is 4.60. The average molecular weight is 436 g/mol. The SMILES string of the molecule is O=C(NCCS(=O)(=O)N1CCN(c2ccccc2F)CC1)c1ccccc1[N+](=O)[O-]. The number of piperazine rings is 1. The van der Waals surface area contributed by atoms with Crippen molar-refractivity contribution < 1.29 is 22.5 Å². The molecule has 1 saturated heterocycles. The van der Waals surface area contributed by atoms with Crippen molar-refractivity contribution in [1.82, 2.24) is 9.62 Å². The van der Waals surface area contributed by atoms with Crippen molar-refractivity contribution in [3.8, 4) is 0 Å². The van der Waals surface area contributed by atoms with Gasteiger partial charge in [-0.3, -0.25) is 14.9 Å². The minimum Gasteiger partial charge on any atom is -0.367 e. The number of nitro benzene ring substituents is 1. The van der Waals surface area contributed by atoms with Crippen LogP contribution in [-0.4, -0.2) is 62.0 Å². The third-order valence-electron chi connectivity index (χ3n) is 4.82. The normalized spacial score (nSPS) is 15.0.